The minimum atomic E-state index is -1.40. The number of carbonyl (C=O) groups excluding carboxylic acids is 2. The van der Waals surface area contributed by atoms with Crippen molar-refractivity contribution < 1.29 is 38.8 Å². The number of thiazole rings is 1. The third kappa shape index (κ3) is 7.01. The monoisotopic (exact) mass is 653 g/mol. The highest BCUT2D eigenvalue weighted by atomic mass is 35.5. The molecule has 1 fully saturated rings. The Kier molecular flexibility index (Phi) is 10.1. The molecule has 0 spiro atoms. The number of nitrogens with two attached hydrogens (primary N) is 1. The van der Waals surface area contributed by atoms with Gasteiger partial charge in [0.1, 0.15) is 27.1 Å². The van der Waals surface area contributed by atoms with Crippen LogP contribution in [0.2, 0.25) is 4.34 Å². The number of pyridine rings is 1. The fraction of sp³-hybridized carbons (Fsp3) is 0.400. The maximum absolute atomic E-state index is 13.2. The number of aliphatic carboxylic acids is 2. The summed E-state index contributed by atoms with van der Waals surface area (Å²) in [6.45, 7) is 3.10. The van der Waals surface area contributed by atoms with E-state index < -0.39 is 47.0 Å². The van der Waals surface area contributed by atoms with E-state index in [-0.39, 0.29) is 27.4 Å². The van der Waals surface area contributed by atoms with Crippen LogP contribution in [0, 0.1) is 0 Å². The summed E-state index contributed by atoms with van der Waals surface area (Å²) in [5.74, 6) is -3.84. The molecule has 6 N–H and O–H groups in total. The number of nitrogen functional groups attached to an aromatic ring is 1. The number of thioether (sulfide) groups is 1. The van der Waals surface area contributed by atoms with Gasteiger partial charge in [0.15, 0.2) is 29.8 Å². The van der Waals surface area contributed by atoms with E-state index in [0.29, 0.717) is 11.3 Å². The highest BCUT2D eigenvalue weighted by molar-refractivity contribution is 8.00. The average molecular weight is 654 g/mol. The van der Waals surface area contributed by atoms with Gasteiger partial charge in [0.2, 0.25) is 6.10 Å². The van der Waals surface area contributed by atoms with Crippen molar-refractivity contribution in [2.24, 2.45) is 5.16 Å². The van der Waals surface area contributed by atoms with E-state index in [9.17, 15) is 24.3 Å². The molecule has 0 aliphatic carbocycles. The molecule has 1 saturated heterocycles. The summed E-state index contributed by atoms with van der Waals surface area (Å²) in [5.41, 5.74) is 6.46. The number of likely N-dealkylation sites (N-methyl/N-ethyl adjacent to an activating group) is 2. The lowest BCUT2D eigenvalue weighted by Crippen LogP contribution is -2.71. The maximum atomic E-state index is 13.2. The summed E-state index contributed by atoms with van der Waals surface area (Å²) in [4.78, 5) is 62.1. The number of hydrogen-bond donors (Lipinski definition) is 5. The van der Waals surface area contributed by atoms with Crippen LogP contribution >= 0.6 is 34.7 Å². The van der Waals surface area contributed by atoms with Gasteiger partial charge in [-0.3, -0.25) is 14.5 Å². The molecule has 2 aliphatic rings. The number of amides is 2. The third-order valence-electron chi connectivity index (χ3n) is 6.61. The van der Waals surface area contributed by atoms with Gasteiger partial charge in [-0.25, -0.2) is 19.1 Å². The quantitative estimate of drug-likeness (QED) is 0.0836. The number of nitrogens with zero attached hydrogens (tertiary/aromatic N) is 5. The van der Waals surface area contributed by atoms with Gasteiger partial charge in [0, 0.05) is 49.3 Å². The van der Waals surface area contributed by atoms with Crippen LogP contribution in [-0.4, -0.2) is 100 Å². The van der Waals surface area contributed by atoms with Crippen molar-refractivity contribution in [1.82, 2.24) is 20.5 Å². The van der Waals surface area contributed by atoms with Gasteiger partial charge < -0.3 is 36.3 Å². The summed E-state index contributed by atoms with van der Waals surface area (Å²) in [5, 5.41) is 27.8. The molecule has 0 radical (unpaired) electrons. The minimum absolute atomic E-state index is 0.00228. The first-order valence-corrected chi connectivity index (χ1v) is 15.1. The van der Waals surface area contributed by atoms with Gasteiger partial charge in [-0.2, -0.15) is 0 Å². The predicted molar refractivity (Wildman–Crippen MR) is 160 cm³/mol. The Hall–Kier alpha value is -3.93. The number of anilines is 2. The Morgan fingerprint density at radius 3 is 2.63 bits per heavy atom. The number of fused-ring (bicyclic) bond motifs is 1. The van der Waals surface area contributed by atoms with Gasteiger partial charge >= 0.3 is 11.9 Å². The average Bonchev–Trinajstić information content (AvgIpc) is 3.31. The number of carboxylic acid groups (broad SMARTS) is 2. The van der Waals surface area contributed by atoms with Crippen molar-refractivity contribution in [1.29, 1.82) is 0 Å². The zero-order valence-corrected chi connectivity index (χ0v) is 25.7. The van der Waals surface area contributed by atoms with Crippen LogP contribution in [0.4, 0.5) is 10.8 Å². The normalized spacial score (nSPS) is 18.9. The second-order valence-corrected chi connectivity index (χ2v) is 12.3. The lowest BCUT2D eigenvalue weighted by molar-refractivity contribution is -0.689. The summed E-state index contributed by atoms with van der Waals surface area (Å²) in [7, 11) is 3.86. The topological polar surface area (TPSA) is 204 Å². The third-order valence-corrected chi connectivity index (χ3v) is 9.04. The molecule has 2 amide bonds. The van der Waals surface area contributed by atoms with Crippen molar-refractivity contribution in [3.8, 4) is 0 Å². The number of aromatic nitrogens is 2. The van der Waals surface area contributed by atoms with Crippen LogP contribution in [0.5, 0.6) is 0 Å². The van der Waals surface area contributed by atoms with Gasteiger partial charge in [-0.1, -0.05) is 28.1 Å². The van der Waals surface area contributed by atoms with Gasteiger partial charge in [0.05, 0.1) is 0 Å². The second kappa shape index (κ2) is 13.6. The van der Waals surface area contributed by atoms with Crippen molar-refractivity contribution in [2.75, 3.05) is 43.6 Å². The van der Waals surface area contributed by atoms with Gasteiger partial charge in [-0.15, -0.1) is 11.8 Å². The molecule has 2 aromatic heterocycles. The van der Waals surface area contributed by atoms with E-state index in [2.05, 4.69) is 25.7 Å². The van der Waals surface area contributed by atoms with E-state index in [1.165, 1.54) is 18.7 Å². The lowest BCUT2D eigenvalue weighted by atomic mass is 10.0. The summed E-state index contributed by atoms with van der Waals surface area (Å²) >= 11 is 8.32. The number of hydrogen-bond acceptors (Lipinski definition) is 12. The first-order chi connectivity index (χ1) is 20.4. The molecule has 4 rings (SSSR count). The molecule has 3 atom stereocenters. The van der Waals surface area contributed by atoms with E-state index in [0.717, 1.165) is 35.0 Å². The Balaban J connectivity index is 1.51. The van der Waals surface area contributed by atoms with Gasteiger partial charge in [-0.05, 0) is 14.0 Å². The highest BCUT2D eigenvalue weighted by Crippen LogP contribution is 2.40. The first-order valence-electron chi connectivity index (χ1n) is 12.9. The van der Waals surface area contributed by atoms with Crippen LogP contribution in [0.1, 0.15) is 12.6 Å². The van der Waals surface area contributed by atoms with E-state index >= 15 is 0 Å². The zero-order chi connectivity index (χ0) is 31.4. The number of carboxylic acids is 2. The van der Waals surface area contributed by atoms with Crippen LogP contribution < -0.4 is 25.8 Å². The smallest absolute Gasteiger partial charge is 0.352 e. The minimum Gasteiger partial charge on any atom is -0.478 e. The highest BCUT2D eigenvalue weighted by Gasteiger charge is 2.55. The number of halogens is 1. The number of β-lactam (4-membered cyclic amide) rings is 1. The van der Waals surface area contributed by atoms with Crippen LogP contribution in [0.3, 0.4) is 0 Å². The SMILES string of the molecule is CNCCN(C)c1cc[n+](CC2=C(C(=O)O)N3C(=O)[C@@H](NC(=O)C(=NO[C@@H](C)C(=O)O)c4nc(N)sc4Cl)[C@H]3SC2)cc1. The summed E-state index contributed by atoms with van der Waals surface area (Å²) in [6, 6.07) is 2.76. The molecule has 0 saturated carbocycles. The Morgan fingerprint density at radius 1 is 1.35 bits per heavy atom. The first kappa shape index (κ1) is 32.0. The van der Waals surface area contributed by atoms with Crippen molar-refractivity contribution in [3.63, 3.8) is 0 Å². The molecular formula is C25H30ClN8O7S2+. The molecule has 0 unspecified atom stereocenters. The largest absolute Gasteiger partial charge is 0.478 e. The molecule has 2 aromatic rings. The standard InChI is InChI=1S/C25H29ClN8O7S2/c1-12(23(37)38)41-31-16(15-19(26)43-25(27)30-15)20(35)29-17-21(36)34-18(24(39)40)13(11-42-22(17)34)10-33-7-4-14(5-8-33)32(3)9-6-28-2/h4-5,7-8,12,17,22,28H,6,9-11H2,1-3H3,(H4-,27,29,30,35,37,38,39,40)/p+1/t12-,17+,22+/m0/s1. The number of carbonyl (C=O) groups is 4. The van der Waals surface area contributed by atoms with E-state index in [4.69, 9.17) is 27.3 Å². The Bertz CT molecular complexity index is 1480. The zero-order valence-electron chi connectivity index (χ0n) is 23.3. The lowest BCUT2D eigenvalue weighted by Gasteiger charge is -2.49. The van der Waals surface area contributed by atoms with E-state index in [1.54, 1.807) is 0 Å². The maximum Gasteiger partial charge on any atom is 0.352 e. The predicted octanol–water partition coefficient (Wildman–Crippen LogP) is -0.0456. The Labute approximate surface area is 259 Å². The number of rotatable bonds is 13. The van der Waals surface area contributed by atoms with Crippen LogP contribution in [-0.2, 0) is 30.6 Å². The summed E-state index contributed by atoms with van der Waals surface area (Å²) in [6.07, 6.45) is 2.29. The fourth-order valence-corrected chi connectivity index (χ4v) is 6.55. The molecule has 230 valence electrons. The van der Waals surface area contributed by atoms with Crippen LogP contribution in [0.25, 0.3) is 0 Å². The van der Waals surface area contributed by atoms with Crippen molar-refractivity contribution >= 4 is 75.0 Å². The summed E-state index contributed by atoms with van der Waals surface area (Å²) < 4.78 is 1.84. The number of nitrogens with one attached hydrogen (secondary N) is 2. The Morgan fingerprint density at radius 2 is 2.05 bits per heavy atom. The molecule has 2 aliphatic heterocycles. The molecule has 4 heterocycles. The van der Waals surface area contributed by atoms with Crippen LogP contribution in [0.15, 0.2) is 41.0 Å². The molecule has 0 bridgehead atoms. The molecule has 18 heteroatoms. The molecule has 0 aromatic carbocycles. The molecule has 15 nitrogen and oxygen atoms in total. The van der Waals surface area contributed by atoms with E-state index in [1.807, 2.05) is 43.2 Å². The molecular weight excluding hydrogens is 624 g/mol. The van der Waals surface area contributed by atoms with Crippen molar-refractivity contribution in [3.05, 3.63) is 45.8 Å². The number of oxime groups is 1. The van der Waals surface area contributed by atoms with Gasteiger partial charge in [0.25, 0.3) is 11.8 Å². The fourth-order valence-electron chi connectivity index (χ4n) is 4.29. The second-order valence-electron chi connectivity index (χ2n) is 9.57. The van der Waals surface area contributed by atoms with Crippen molar-refractivity contribution in [2.45, 2.75) is 31.0 Å². The molecule has 43 heavy (non-hydrogen) atoms.